The van der Waals surface area contributed by atoms with Gasteiger partial charge in [-0.1, -0.05) is 60.7 Å². The Morgan fingerprint density at radius 2 is 1.63 bits per heavy atom. The number of para-hydroxylation sites is 3. The summed E-state index contributed by atoms with van der Waals surface area (Å²) < 4.78 is 11.6. The summed E-state index contributed by atoms with van der Waals surface area (Å²) in [5.74, 6) is 0.340. The molecule has 1 spiro atoms. The average molecular weight is 469 g/mol. The van der Waals surface area contributed by atoms with Gasteiger partial charge in [-0.05, 0) is 23.8 Å². The van der Waals surface area contributed by atoms with Crippen molar-refractivity contribution < 1.29 is 23.9 Å². The maximum Gasteiger partial charge on any atom is 0.325 e. The molecular weight excluding hydrogens is 446 g/mol. The Kier molecular flexibility index (Phi) is 4.95. The molecular formula is C27H23N3O5. The van der Waals surface area contributed by atoms with Crippen molar-refractivity contribution in [2.24, 2.45) is 0 Å². The maximum atomic E-state index is 13.8. The smallest absolute Gasteiger partial charge is 0.325 e. The van der Waals surface area contributed by atoms with Crippen LogP contribution in [0.5, 0.6) is 11.5 Å². The SMILES string of the molecule is O=C1N[C@@]2(CCOc3ccccc32)C(=O)N1CC(=O)N1c2ccccc2OC[C@@H]1c1ccccc1. The number of hydrogen-bond donors (Lipinski definition) is 1. The van der Waals surface area contributed by atoms with Crippen molar-refractivity contribution in [1.82, 2.24) is 10.2 Å². The van der Waals surface area contributed by atoms with Crippen LogP contribution in [0, 0.1) is 0 Å². The lowest BCUT2D eigenvalue weighted by Gasteiger charge is -2.38. The van der Waals surface area contributed by atoms with Crippen LogP contribution < -0.4 is 19.7 Å². The number of fused-ring (bicyclic) bond motifs is 3. The minimum Gasteiger partial charge on any atom is -0.493 e. The highest BCUT2D eigenvalue weighted by atomic mass is 16.5. The van der Waals surface area contributed by atoms with E-state index in [-0.39, 0.29) is 25.7 Å². The molecule has 4 amide bonds. The van der Waals surface area contributed by atoms with E-state index in [4.69, 9.17) is 9.47 Å². The lowest BCUT2D eigenvalue weighted by molar-refractivity contribution is -0.135. The number of carbonyl (C=O) groups excluding carboxylic acids is 3. The molecule has 3 heterocycles. The van der Waals surface area contributed by atoms with E-state index >= 15 is 0 Å². The van der Waals surface area contributed by atoms with Crippen molar-refractivity contribution in [1.29, 1.82) is 0 Å². The van der Waals surface area contributed by atoms with Crippen molar-refractivity contribution in [3.63, 3.8) is 0 Å². The third kappa shape index (κ3) is 3.32. The van der Waals surface area contributed by atoms with Crippen molar-refractivity contribution in [2.75, 3.05) is 24.7 Å². The van der Waals surface area contributed by atoms with Gasteiger partial charge >= 0.3 is 6.03 Å². The molecule has 0 saturated carbocycles. The van der Waals surface area contributed by atoms with Crippen LogP contribution in [0.1, 0.15) is 23.6 Å². The minimum absolute atomic E-state index is 0.265. The summed E-state index contributed by atoms with van der Waals surface area (Å²) in [4.78, 5) is 43.1. The van der Waals surface area contributed by atoms with E-state index in [0.717, 1.165) is 10.5 Å². The van der Waals surface area contributed by atoms with Gasteiger partial charge in [0.1, 0.15) is 24.7 Å². The third-order valence-electron chi connectivity index (χ3n) is 6.84. The highest BCUT2D eigenvalue weighted by molar-refractivity contribution is 6.11. The normalized spacial score (nSPS) is 22.7. The Morgan fingerprint density at radius 1 is 0.914 bits per heavy atom. The second-order valence-electron chi connectivity index (χ2n) is 8.79. The third-order valence-corrected chi connectivity index (χ3v) is 6.84. The standard InChI is InChI=1S/C27H23N3O5/c31-24(30-20-11-5-7-13-23(20)35-17-21(30)18-8-2-1-3-9-18)16-29-25(32)27(28-26(29)33)14-15-34-22-12-6-4-10-19(22)27/h1-13,21H,14-17H2,(H,28,33)/t21-,27-/m1/s1. The fraction of sp³-hybridized carbons (Fsp3) is 0.222. The first-order valence-electron chi connectivity index (χ1n) is 11.5. The van der Waals surface area contributed by atoms with Crippen molar-refractivity contribution in [3.05, 3.63) is 90.0 Å². The number of rotatable bonds is 3. The van der Waals surface area contributed by atoms with Gasteiger partial charge in [0, 0.05) is 12.0 Å². The molecule has 0 bridgehead atoms. The van der Waals surface area contributed by atoms with Gasteiger partial charge in [-0.15, -0.1) is 0 Å². The first-order chi connectivity index (χ1) is 17.1. The van der Waals surface area contributed by atoms with E-state index in [9.17, 15) is 14.4 Å². The van der Waals surface area contributed by atoms with Crippen LogP contribution in [0.25, 0.3) is 0 Å². The number of imide groups is 1. The zero-order valence-corrected chi connectivity index (χ0v) is 18.8. The molecule has 176 valence electrons. The van der Waals surface area contributed by atoms with Gasteiger partial charge in [0.15, 0.2) is 5.54 Å². The van der Waals surface area contributed by atoms with Crippen LogP contribution in [-0.4, -0.2) is 42.5 Å². The molecule has 6 rings (SSSR count). The van der Waals surface area contributed by atoms with Crippen molar-refractivity contribution in [3.8, 4) is 11.5 Å². The highest BCUT2D eigenvalue weighted by Gasteiger charge is 2.55. The number of nitrogens with one attached hydrogen (secondary N) is 1. The number of hydrogen-bond acceptors (Lipinski definition) is 5. The Bertz CT molecular complexity index is 1330. The number of amides is 4. The lowest BCUT2D eigenvalue weighted by Crippen LogP contribution is -2.49. The van der Waals surface area contributed by atoms with Crippen LogP contribution in [0.4, 0.5) is 10.5 Å². The molecule has 1 fully saturated rings. The number of ether oxygens (including phenoxy) is 2. The van der Waals surface area contributed by atoms with Crippen molar-refractivity contribution in [2.45, 2.75) is 18.0 Å². The molecule has 0 radical (unpaired) electrons. The molecule has 0 unspecified atom stereocenters. The largest absolute Gasteiger partial charge is 0.493 e. The molecule has 0 aromatic heterocycles. The van der Waals surface area contributed by atoms with Gasteiger partial charge in [-0.25, -0.2) is 4.79 Å². The molecule has 2 atom stereocenters. The van der Waals surface area contributed by atoms with E-state index in [1.807, 2.05) is 54.6 Å². The number of urea groups is 1. The summed E-state index contributed by atoms with van der Waals surface area (Å²) in [6, 6.07) is 23.1. The Labute approximate surface area is 202 Å². The number of nitrogens with zero attached hydrogens (tertiary/aromatic N) is 2. The number of benzene rings is 3. The maximum absolute atomic E-state index is 13.8. The molecule has 3 aromatic rings. The second-order valence-corrected chi connectivity index (χ2v) is 8.79. The monoisotopic (exact) mass is 469 g/mol. The molecule has 35 heavy (non-hydrogen) atoms. The first-order valence-corrected chi connectivity index (χ1v) is 11.5. The van der Waals surface area contributed by atoms with E-state index in [1.165, 1.54) is 0 Å². The lowest BCUT2D eigenvalue weighted by atomic mass is 9.84. The van der Waals surface area contributed by atoms with E-state index in [1.54, 1.807) is 29.2 Å². The summed E-state index contributed by atoms with van der Waals surface area (Å²) in [5, 5.41) is 2.86. The van der Waals surface area contributed by atoms with Crippen LogP contribution in [0.2, 0.25) is 0 Å². The summed E-state index contributed by atoms with van der Waals surface area (Å²) >= 11 is 0. The molecule has 1 saturated heterocycles. The molecule has 3 aliphatic rings. The van der Waals surface area contributed by atoms with Gasteiger partial charge < -0.3 is 14.8 Å². The Morgan fingerprint density at radius 3 is 2.46 bits per heavy atom. The van der Waals surface area contributed by atoms with Crippen LogP contribution in [-0.2, 0) is 15.1 Å². The van der Waals surface area contributed by atoms with E-state index in [2.05, 4.69) is 5.32 Å². The summed E-state index contributed by atoms with van der Waals surface area (Å²) in [7, 11) is 0. The van der Waals surface area contributed by atoms with Crippen LogP contribution in [0.3, 0.4) is 0 Å². The summed E-state index contributed by atoms with van der Waals surface area (Å²) in [6.07, 6.45) is 0.298. The zero-order valence-electron chi connectivity index (χ0n) is 18.8. The molecule has 1 N–H and O–H groups in total. The van der Waals surface area contributed by atoms with Gasteiger partial charge in [-0.3, -0.25) is 19.4 Å². The summed E-state index contributed by atoms with van der Waals surface area (Å²) in [6.45, 7) is 0.173. The quantitative estimate of drug-likeness (QED) is 0.594. The number of anilines is 1. The van der Waals surface area contributed by atoms with Crippen molar-refractivity contribution >= 4 is 23.5 Å². The molecule has 3 aromatic carbocycles. The molecule has 3 aliphatic heterocycles. The topological polar surface area (TPSA) is 88.2 Å². The van der Waals surface area contributed by atoms with Gasteiger partial charge in [0.25, 0.3) is 5.91 Å². The van der Waals surface area contributed by atoms with Gasteiger partial charge in [0.05, 0.1) is 18.3 Å². The second kappa shape index (κ2) is 8.16. The zero-order chi connectivity index (χ0) is 24.0. The van der Waals surface area contributed by atoms with E-state index in [0.29, 0.717) is 29.2 Å². The van der Waals surface area contributed by atoms with Gasteiger partial charge in [0.2, 0.25) is 5.91 Å². The molecule has 0 aliphatic carbocycles. The molecule has 8 heteroatoms. The Hall–Kier alpha value is -4.33. The molecule has 8 nitrogen and oxygen atoms in total. The van der Waals surface area contributed by atoms with Crippen LogP contribution >= 0.6 is 0 Å². The predicted molar refractivity (Wildman–Crippen MR) is 127 cm³/mol. The fourth-order valence-corrected chi connectivity index (χ4v) is 5.14. The average Bonchev–Trinajstić information content (AvgIpc) is 3.13. The number of carbonyl (C=O) groups is 3. The Balaban J connectivity index is 1.33. The first kappa shape index (κ1) is 21.2. The predicted octanol–water partition coefficient (Wildman–Crippen LogP) is 3.38. The highest BCUT2D eigenvalue weighted by Crippen LogP contribution is 2.42. The van der Waals surface area contributed by atoms with Crippen LogP contribution in [0.15, 0.2) is 78.9 Å². The summed E-state index contributed by atoms with van der Waals surface area (Å²) in [5.41, 5.74) is 0.894. The van der Waals surface area contributed by atoms with Gasteiger partial charge in [-0.2, -0.15) is 0 Å². The fourth-order valence-electron chi connectivity index (χ4n) is 5.14. The minimum atomic E-state index is -1.23. The van der Waals surface area contributed by atoms with E-state index < -0.39 is 23.5 Å².